The highest BCUT2D eigenvalue weighted by molar-refractivity contribution is 7.99. The van der Waals surface area contributed by atoms with Crippen LogP contribution in [0.4, 0.5) is 15.8 Å². The minimum Gasteiger partial charge on any atom is -0.457 e. The third-order valence-electron chi connectivity index (χ3n) is 5.81. The number of morpholine rings is 1. The zero-order chi connectivity index (χ0) is 25.5. The van der Waals surface area contributed by atoms with Crippen LogP contribution in [0.2, 0.25) is 0 Å². The fourth-order valence-corrected chi connectivity index (χ4v) is 4.84. The molecule has 0 aliphatic carbocycles. The lowest BCUT2D eigenvalue weighted by molar-refractivity contribution is -0.117. The number of anilines is 2. The lowest BCUT2D eigenvalue weighted by Gasteiger charge is -2.30. The predicted octanol–water partition coefficient (Wildman–Crippen LogP) is 4.70. The average Bonchev–Trinajstić information content (AvgIpc) is 3.04. The highest BCUT2D eigenvalue weighted by Crippen LogP contribution is 2.36. The van der Waals surface area contributed by atoms with Crippen molar-refractivity contribution in [1.29, 1.82) is 0 Å². The molecule has 5 rings (SSSR count). The van der Waals surface area contributed by atoms with E-state index in [1.807, 2.05) is 25.2 Å². The van der Waals surface area contributed by atoms with E-state index in [9.17, 15) is 14.0 Å². The summed E-state index contributed by atoms with van der Waals surface area (Å²) in [6.07, 6.45) is 0.614. The molecule has 36 heavy (non-hydrogen) atoms. The van der Waals surface area contributed by atoms with Crippen molar-refractivity contribution in [2.24, 2.45) is 5.73 Å². The van der Waals surface area contributed by atoms with Gasteiger partial charge in [-0.1, -0.05) is 18.2 Å². The first-order chi connectivity index (χ1) is 17.4. The largest absolute Gasteiger partial charge is 0.457 e. The molecular weight excluding hydrogens is 481 g/mol. The molecule has 3 aromatic carbocycles. The molecule has 0 unspecified atom stereocenters. The summed E-state index contributed by atoms with van der Waals surface area (Å²) < 4.78 is 24.0. The molecule has 0 spiro atoms. The highest BCUT2D eigenvalue weighted by atomic mass is 32.2. The number of thioether (sulfide) groups is 1. The quantitative estimate of drug-likeness (QED) is 0.549. The van der Waals surface area contributed by atoms with Gasteiger partial charge in [-0.05, 0) is 48.5 Å². The maximum absolute atomic E-state index is 13.2. The van der Waals surface area contributed by atoms with E-state index in [0.717, 1.165) is 43.8 Å². The Hall–Kier alpha value is -3.56. The van der Waals surface area contributed by atoms with Gasteiger partial charge >= 0.3 is 0 Å². The number of hydrogen-bond acceptors (Lipinski definition) is 6. The average molecular weight is 510 g/mol. The number of primary amides is 1. The van der Waals surface area contributed by atoms with Gasteiger partial charge in [0, 0.05) is 42.9 Å². The van der Waals surface area contributed by atoms with Crippen molar-refractivity contribution in [2.75, 3.05) is 48.9 Å². The summed E-state index contributed by atoms with van der Waals surface area (Å²) in [6, 6.07) is 19.3. The number of carbonyl (C=O) groups excluding carboxylic acids is 2. The van der Waals surface area contributed by atoms with Gasteiger partial charge in [0.1, 0.15) is 17.3 Å². The number of fused-ring (bicyclic) bond motifs is 1. The Morgan fingerprint density at radius 2 is 1.78 bits per heavy atom. The molecule has 2 aliphatic rings. The van der Waals surface area contributed by atoms with Crippen molar-refractivity contribution in [3.8, 4) is 11.5 Å². The number of nitrogens with zero attached hydrogens (tertiary/aromatic N) is 2. The Labute approximate surface area is 214 Å². The van der Waals surface area contributed by atoms with Crippen molar-refractivity contribution in [3.63, 3.8) is 0 Å². The van der Waals surface area contributed by atoms with Crippen molar-refractivity contribution >= 4 is 35.0 Å². The molecule has 2 N–H and O–H groups in total. The number of amides is 2. The minimum atomic E-state index is -0.819. The number of benzene rings is 3. The van der Waals surface area contributed by atoms with Crippen LogP contribution in [0.1, 0.15) is 16.8 Å². The van der Waals surface area contributed by atoms with Crippen molar-refractivity contribution in [2.45, 2.75) is 11.3 Å². The number of ether oxygens (including phenoxy) is 2. The summed E-state index contributed by atoms with van der Waals surface area (Å²) in [5.41, 5.74) is 7.08. The SMILES string of the molecule is CN1C(=O)CCSc2ccc(N3CCOCC3)cc21.NC(=O)c1cc(Oc2ccccc2)ccc1F. The number of rotatable bonds is 4. The number of carbonyl (C=O) groups is 2. The topological polar surface area (TPSA) is 85.1 Å². The molecule has 2 heterocycles. The fraction of sp³-hybridized carbons (Fsp3) is 0.259. The summed E-state index contributed by atoms with van der Waals surface area (Å²) in [7, 11) is 1.87. The molecule has 0 aromatic heterocycles. The van der Waals surface area contributed by atoms with E-state index in [1.54, 1.807) is 28.8 Å². The molecule has 1 fully saturated rings. The number of halogens is 1. The minimum absolute atomic E-state index is 0.182. The molecule has 9 heteroatoms. The van der Waals surface area contributed by atoms with Gasteiger partial charge in [-0.15, -0.1) is 11.8 Å². The summed E-state index contributed by atoms with van der Waals surface area (Å²) >= 11 is 1.77. The first-order valence-electron chi connectivity index (χ1n) is 11.6. The summed E-state index contributed by atoms with van der Waals surface area (Å²) in [5, 5.41) is 0. The molecule has 2 aliphatic heterocycles. The zero-order valence-electron chi connectivity index (χ0n) is 20.0. The van der Waals surface area contributed by atoms with Crippen LogP contribution in [0, 0.1) is 5.82 Å². The summed E-state index contributed by atoms with van der Waals surface area (Å²) in [5.74, 6) is 0.567. The van der Waals surface area contributed by atoms with Gasteiger partial charge in [-0.3, -0.25) is 9.59 Å². The van der Waals surface area contributed by atoms with E-state index in [4.69, 9.17) is 15.2 Å². The highest BCUT2D eigenvalue weighted by Gasteiger charge is 2.21. The molecule has 7 nitrogen and oxygen atoms in total. The van der Waals surface area contributed by atoms with Crippen LogP contribution in [-0.2, 0) is 9.53 Å². The number of hydrogen-bond donors (Lipinski definition) is 1. The van der Waals surface area contributed by atoms with Gasteiger partial charge in [0.2, 0.25) is 5.91 Å². The van der Waals surface area contributed by atoms with Crippen molar-refractivity contribution in [3.05, 3.63) is 78.1 Å². The second-order valence-corrected chi connectivity index (χ2v) is 9.36. The maximum atomic E-state index is 13.2. The Kier molecular flexibility index (Phi) is 8.45. The van der Waals surface area contributed by atoms with Crippen molar-refractivity contribution < 1.29 is 23.5 Å². The molecule has 0 saturated carbocycles. The van der Waals surface area contributed by atoms with Gasteiger partial charge in [-0.25, -0.2) is 4.39 Å². The monoisotopic (exact) mass is 509 g/mol. The van der Waals surface area contributed by atoms with Crippen LogP contribution in [0.25, 0.3) is 0 Å². The standard InChI is InChI=1S/C14H18N2O2S.C13H10FNO2/c1-15-12-10-11(16-5-7-18-8-6-16)2-3-13(12)19-9-4-14(15)17;14-12-7-6-10(8-11(12)13(15)16)17-9-4-2-1-3-5-9/h2-3,10H,4-9H2,1H3;1-8H,(H2,15,16). The Bertz CT molecular complexity index is 1220. The molecule has 0 atom stereocenters. The second kappa shape index (κ2) is 11.9. The smallest absolute Gasteiger partial charge is 0.251 e. The third-order valence-corrected chi connectivity index (χ3v) is 6.87. The molecule has 3 aromatic rings. The normalized spacial score (nSPS) is 15.3. The van der Waals surface area contributed by atoms with Gasteiger partial charge in [0.15, 0.2) is 0 Å². The van der Waals surface area contributed by atoms with E-state index < -0.39 is 11.7 Å². The lowest BCUT2D eigenvalue weighted by Crippen LogP contribution is -2.36. The van der Waals surface area contributed by atoms with Crippen LogP contribution in [0.5, 0.6) is 11.5 Å². The first-order valence-corrected chi connectivity index (χ1v) is 12.6. The zero-order valence-corrected chi connectivity index (χ0v) is 20.8. The van der Waals surface area contributed by atoms with E-state index >= 15 is 0 Å². The summed E-state index contributed by atoms with van der Waals surface area (Å²) in [6.45, 7) is 3.40. The molecule has 1 saturated heterocycles. The van der Waals surface area contributed by atoms with Gasteiger partial charge in [-0.2, -0.15) is 0 Å². The molecule has 2 amide bonds. The van der Waals surface area contributed by atoms with E-state index in [1.165, 1.54) is 22.7 Å². The Morgan fingerprint density at radius 1 is 1.03 bits per heavy atom. The molecule has 0 bridgehead atoms. The summed E-state index contributed by atoms with van der Waals surface area (Å²) in [4.78, 5) is 28.2. The maximum Gasteiger partial charge on any atom is 0.251 e. The van der Waals surface area contributed by atoms with E-state index in [0.29, 0.717) is 17.9 Å². The van der Waals surface area contributed by atoms with E-state index in [-0.39, 0.29) is 11.5 Å². The Balaban J connectivity index is 0.000000170. The van der Waals surface area contributed by atoms with Gasteiger partial charge in [0.25, 0.3) is 5.91 Å². The third kappa shape index (κ3) is 6.35. The predicted molar refractivity (Wildman–Crippen MR) is 140 cm³/mol. The van der Waals surface area contributed by atoms with Crippen molar-refractivity contribution in [1.82, 2.24) is 0 Å². The van der Waals surface area contributed by atoms with Crippen LogP contribution < -0.4 is 20.3 Å². The first kappa shape index (κ1) is 25.5. The van der Waals surface area contributed by atoms with Crippen LogP contribution >= 0.6 is 11.8 Å². The molecule has 188 valence electrons. The van der Waals surface area contributed by atoms with Crippen LogP contribution in [0.3, 0.4) is 0 Å². The molecule has 0 radical (unpaired) electrons. The lowest BCUT2D eigenvalue weighted by atomic mass is 10.2. The van der Waals surface area contributed by atoms with Crippen LogP contribution in [-0.4, -0.2) is 50.9 Å². The van der Waals surface area contributed by atoms with Gasteiger partial charge in [0.05, 0.1) is 24.5 Å². The van der Waals surface area contributed by atoms with Gasteiger partial charge < -0.3 is 25.0 Å². The second-order valence-electron chi connectivity index (χ2n) is 8.22. The fourth-order valence-electron chi connectivity index (χ4n) is 3.84. The number of nitrogens with two attached hydrogens (primary N) is 1. The number of para-hydroxylation sites is 1. The van der Waals surface area contributed by atoms with E-state index in [2.05, 4.69) is 23.1 Å². The Morgan fingerprint density at radius 3 is 2.50 bits per heavy atom. The molecular formula is C27H28FN3O4S. The van der Waals surface area contributed by atoms with Crippen LogP contribution in [0.15, 0.2) is 71.6 Å².